The van der Waals surface area contributed by atoms with Gasteiger partial charge < -0.3 is 10.5 Å². The second-order valence-corrected chi connectivity index (χ2v) is 5.46. The molecule has 1 unspecified atom stereocenters. The molecule has 2 rings (SSSR count). The van der Waals surface area contributed by atoms with Crippen molar-refractivity contribution >= 4 is 5.91 Å². The van der Waals surface area contributed by atoms with Crippen LogP contribution in [0.2, 0.25) is 0 Å². The van der Waals surface area contributed by atoms with Crippen LogP contribution in [-0.4, -0.2) is 24.2 Å². The lowest BCUT2D eigenvalue weighted by atomic mass is 10.0. The number of carbonyl (C=O) groups is 1. The topological polar surface area (TPSA) is 55.6 Å². The second-order valence-electron chi connectivity index (χ2n) is 5.46. The van der Waals surface area contributed by atoms with Gasteiger partial charge in [-0.05, 0) is 42.4 Å². The van der Waals surface area contributed by atoms with Crippen LogP contribution in [-0.2, 0) is 11.3 Å². The van der Waals surface area contributed by atoms with Crippen LogP contribution < -0.4 is 10.5 Å². The number of rotatable bonds is 6. The number of hydrogen-bond donors (Lipinski definition) is 1. The van der Waals surface area contributed by atoms with E-state index in [1.807, 2.05) is 0 Å². The fourth-order valence-electron chi connectivity index (χ4n) is 2.46. The van der Waals surface area contributed by atoms with Gasteiger partial charge in [-0.1, -0.05) is 24.3 Å². The fourth-order valence-corrected chi connectivity index (χ4v) is 2.46. The summed E-state index contributed by atoms with van der Waals surface area (Å²) in [7, 11) is 1.64. The highest BCUT2D eigenvalue weighted by Gasteiger charge is 2.31. The lowest BCUT2D eigenvalue weighted by Gasteiger charge is -2.26. The molecule has 4 nitrogen and oxygen atoms in total. The number of nitrogens with two attached hydrogens (primary N) is 1. The number of benzene rings is 2. The zero-order chi connectivity index (χ0) is 18.6. The molecule has 134 valence electrons. The highest BCUT2D eigenvalue weighted by atomic mass is 19.4. The van der Waals surface area contributed by atoms with Gasteiger partial charge in [0.25, 0.3) is 0 Å². The first kappa shape index (κ1) is 18.7. The first-order valence-corrected chi connectivity index (χ1v) is 7.25. The summed E-state index contributed by atoms with van der Waals surface area (Å²) in [5.74, 6) is -1.38. The zero-order valence-electron chi connectivity index (χ0n) is 13.3. The third-order valence-electron chi connectivity index (χ3n) is 3.48. The Kier molecular flexibility index (Phi) is 5.63. The Balaban J connectivity index is 2.11. The third-order valence-corrected chi connectivity index (χ3v) is 3.48. The van der Waals surface area contributed by atoms with E-state index >= 15 is 0 Å². The summed E-state index contributed by atoms with van der Waals surface area (Å²) in [4.78, 5) is 13.4. The Hall–Kier alpha value is -2.61. The van der Waals surface area contributed by atoms with E-state index in [2.05, 4.69) is 4.74 Å². The van der Waals surface area contributed by atoms with Gasteiger partial charge in [0.2, 0.25) is 5.91 Å². The van der Waals surface area contributed by atoms with Crippen LogP contribution in [0.4, 0.5) is 17.6 Å². The van der Waals surface area contributed by atoms with Crippen LogP contribution >= 0.6 is 0 Å². The molecule has 0 aliphatic rings. The number of primary amides is 1. The summed E-state index contributed by atoms with van der Waals surface area (Å²) in [6, 6.07) is 9.86. The van der Waals surface area contributed by atoms with Crippen LogP contribution in [0.25, 0.3) is 0 Å². The Bertz CT molecular complexity index is 715. The minimum absolute atomic E-state index is 0.247. The highest BCUT2D eigenvalue weighted by Crippen LogP contribution is 2.25. The molecule has 25 heavy (non-hydrogen) atoms. The van der Waals surface area contributed by atoms with Crippen molar-refractivity contribution in [3.8, 4) is 5.75 Å². The van der Waals surface area contributed by atoms with Gasteiger partial charge in [-0.3, -0.25) is 9.69 Å². The number of nitrogens with zero attached hydrogens (tertiary/aromatic N) is 1. The van der Waals surface area contributed by atoms with Crippen molar-refractivity contribution in [3.63, 3.8) is 0 Å². The summed E-state index contributed by atoms with van der Waals surface area (Å²) >= 11 is 0. The number of likely N-dealkylation sites (N-methyl/N-ethyl adjacent to an activating group) is 1. The number of alkyl halides is 3. The van der Waals surface area contributed by atoms with Crippen molar-refractivity contribution in [1.82, 2.24) is 4.90 Å². The molecule has 0 saturated carbocycles. The Morgan fingerprint density at radius 1 is 1.12 bits per heavy atom. The van der Waals surface area contributed by atoms with Gasteiger partial charge in [-0.2, -0.15) is 0 Å². The molecule has 0 radical (unpaired) electrons. The summed E-state index contributed by atoms with van der Waals surface area (Å²) in [5, 5.41) is 0. The predicted molar refractivity (Wildman–Crippen MR) is 82.9 cm³/mol. The van der Waals surface area contributed by atoms with E-state index in [0.29, 0.717) is 11.1 Å². The number of amides is 1. The number of halogens is 4. The number of carbonyl (C=O) groups excluding carboxylic acids is 1. The summed E-state index contributed by atoms with van der Waals surface area (Å²) in [6.07, 6.45) is -4.75. The molecule has 2 aromatic carbocycles. The second kappa shape index (κ2) is 7.52. The van der Waals surface area contributed by atoms with E-state index in [1.165, 1.54) is 48.5 Å². The van der Waals surface area contributed by atoms with E-state index in [1.54, 1.807) is 11.9 Å². The standard InChI is InChI=1S/C17H16F4N2O2/c1-23(15(16(22)24)12-4-6-13(18)7-5-12)10-11-2-8-14(9-3-11)25-17(19,20)21/h2-9,15H,10H2,1H3,(H2,22,24). The largest absolute Gasteiger partial charge is 0.573 e. The van der Waals surface area contributed by atoms with Crippen LogP contribution in [0, 0.1) is 5.82 Å². The molecule has 0 aromatic heterocycles. The normalized spacial score (nSPS) is 12.9. The lowest BCUT2D eigenvalue weighted by Crippen LogP contribution is -2.35. The van der Waals surface area contributed by atoms with Crippen LogP contribution in [0.1, 0.15) is 17.2 Å². The van der Waals surface area contributed by atoms with Crippen LogP contribution in [0.5, 0.6) is 5.75 Å². The van der Waals surface area contributed by atoms with E-state index in [9.17, 15) is 22.4 Å². The smallest absolute Gasteiger partial charge is 0.406 e. The van der Waals surface area contributed by atoms with Gasteiger partial charge in [-0.15, -0.1) is 13.2 Å². The highest BCUT2D eigenvalue weighted by molar-refractivity contribution is 5.81. The molecule has 1 amide bonds. The minimum atomic E-state index is -4.75. The average molecular weight is 356 g/mol. The number of hydrogen-bond acceptors (Lipinski definition) is 3. The Labute approximate surface area is 141 Å². The van der Waals surface area contributed by atoms with Crippen molar-refractivity contribution < 1.29 is 27.1 Å². The van der Waals surface area contributed by atoms with Crippen molar-refractivity contribution in [1.29, 1.82) is 0 Å². The molecule has 0 heterocycles. The molecule has 0 fully saturated rings. The molecule has 0 aliphatic heterocycles. The minimum Gasteiger partial charge on any atom is -0.406 e. The van der Waals surface area contributed by atoms with Crippen LogP contribution in [0.3, 0.4) is 0 Å². The molecule has 1 atom stereocenters. The molecule has 0 aliphatic carbocycles. The van der Waals surface area contributed by atoms with E-state index in [4.69, 9.17) is 5.73 Å². The van der Waals surface area contributed by atoms with Crippen molar-refractivity contribution in [2.45, 2.75) is 18.9 Å². The van der Waals surface area contributed by atoms with Gasteiger partial charge >= 0.3 is 6.36 Å². The molecule has 8 heteroatoms. The quantitative estimate of drug-likeness (QED) is 0.808. The van der Waals surface area contributed by atoms with Crippen LogP contribution in [0.15, 0.2) is 48.5 Å². The summed E-state index contributed by atoms with van der Waals surface area (Å²) in [6.45, 7) is 0.247. The van der Waals surface area contributed by atoms with Crippen molar-refractivity contribution in [2.75, 3.05) is 7.05 Å². The Morgan fingerprint density at radius 2 is 1.68 bits per heavy atom. The van der Waals surface area contributed by atoms with Crippen molar-refractivity contribution in [2.24, 2.45) is 5.73 Å². The van der Waals surface area contributed by atoms with Crippen molar-refractivity contribution in [3.05, 3.63) is 65.5 Å². The molecule has 2 aromatic rings. The third kappa shape index (κ3) is 5.46. The maximum Gasteiger partial charge on any atom is 0.573 e. The Morgan fingerprint density at radius 3 is 2.16 bits per heavy atom. The lowest BCUT2D eigenvalue weighted by molar-refractivity contribution is -0.274. The maximum atomic E-state index is 13.0. The van der Waals surface area contributed by atoms with Gasteiger partial charge in [0.1, 0.15) is 17.6 Å². The van der Waals surface area contributed by atoms with Gasteiger partial charge in [0, 0.05) is 6.54 Å². The number of ether oxygens (including phenoxy) is 1. The molecule has 2 N–H and O–H groups in total. The SMILES string of the molecule is CN(Cc1ccc(OC(F)(F)F)cc1)C(C(N)=O)c1ccc(F)cc1. The van der Waals surface area contributed by atoms with Gasteiger partial charge in [0.05, 0.1) is 0 Å². The van der Waals surface area contributed by atoms with E-state index in [0.717, 1.165) is 0 Å². The van der Waals surface area contributed by atoms with Gasteiger partial charge in [0.15, 0.2) is 0 Å². The first-order chi connectivity index (χ1) is 11.7. The maximum absolute atomic E-state index is 13.0. The van der Waals surface area contributed by atoms with Gasteiger partial charge in [-0.25, -0.2) is 4.39 Å². The molecule has 0 bridgehead atoms. The molecule has 0 saturated heterocycles. The predicted octanol–water partition coefficient (Wildman–Crippen LogP) is 3.38. The average Bonchev–Trinajstić information content (AvgIpc) is 2.49. The monoisotopic (exact) mass is 356 g/mol. The summed E-state index contributed by atoms with van der Waals surface area (Å²) in [5.41, 5.74) is 6.61. The molecular formula is C17H16F4N2O2. The zero-order valence-corrected chi connectivity index (χ0v) is 13.3. The first-order valence-electron chi connectivity index (χ1n) is 7.25. The summed E-state index contributed by atoms with van der Waals surface area (Å²) < 4.78 is 53.3. The molecule has 0 spiro atoms. The fraction of sp³-hybridized carbons (Fsp3) is 0.235. The van der Waals surface area contributed by atoms with E-state index < -0.39 is 24.1 Å². The molecular weight excluding hydrogens is 340 g/mol. The van der Waals surface area contributed by atoms with E-state index in [-0.39, 0.29) is 12.3 Å².